The number of carbonyl (C=O) groups is 1. The molecular formula is C16H16Cl2N2O2S. The van der Waals surface area contributed by atoms with Crippen molar-refractivity contribution in [3.8, 4) is 5.75 Å². The normalized spacial score (nSPS) is 14.9. The predicted octanol–water partition coefficient (Wildman–Crippen LogP) is 4.03. The number of nitrogens with zero attached hydrogens (tertiary/aromatic N) is 2. The van der Waals surface area contributed by atoms with E-state index in [9.17, 15) is 4.79 Å². The molecule has 0 bridgehead atoms. The summed E-state index contributed by atoms with van der Waals surface area (Å²) >= 11 is 13.1. The minimum Gasteiger partial charge on any atom is -0.497 e. The zero-order valence-electron chi connectivity index (χ0n) is 12.6. The van der Waals surface area contributed by atoms with E-state index >= 15 is 0 Å². The average Bonchev–Trinajstić information content (AvgIpc) is 2.93. The number of ether oxygens (including phenoxy) is 1. The second kappa shape index (κ2) is 6.99. The monoisotopic (exact) mass is 370 g/mol. The van der Waals surface area contributed by atoms with Gasteiger partial charge in [-0.15, -0.1) is 11.3 Å². The number of carbonyl (C=O) groups excluding carboxylic acids is 1. The predicted molar refractivity (Wildman–Crippen MR) is 95.4 cm³/mol. The Labute approximate surface area is 149 Å². The molecule has 1 aromatic carbocycles. The lowest BCUT2D eigenvalue weighted by molar-refractivity contribution is 0.0751. The first-order valence-corrected chi connectivity index (χ1v) is 8.79. The van der Waals surface area contributed by atoms with Crippen LogP contribution in [-0.4, -0.2) is 44.1 Å². The number of rotatable bonds is 3. The third-order valence-corrected chi connectivity index (χ3v) is 5.71. The third-order valence-electron chi connectivity index (χ3n) is 3.86. The molecule has 1 fully saturated rings. The quantitative estimate of drug-likeness (QED) is 0.817. The van der Waals surface area contributed by atoms with Gasteiger partial charge in [0, 0.05) is 31.9 Å². The first-order chi connectivity index (χ1) is 11.1. The summed E-state index contributed by atoms with van der Waals surface area (Å²) in [6.07, 6.45) is 0. The van der Waals surface area contributed by atoms with Gasteiger partial charge in [0.1, 0.15) is 10.1 Å². The number of amides is 1. The summed E-state index contributed by atoms with van der Waals surface area (Å²) in [6, 6.07) is 9.61. The third kappa shape index (κ3) is 3.57. The summed E-state index contributed by atoms with van der Waals surface area (Å²) in [4.78, 5) is 17.2. The minimum absolute atomic E-state index is 0.00168. The number of hydrogen-bond donors (Lipinski definition) is 0. The van der Waals surface area contributed by atoms with Crippen molar-refractivity contribution < 1.29 is 9.53 Å². The molecule has 1 amide bonds. The molecule has 0 unspecified atom stereocenters. The highest BCUT2D eigenvalue weighted by Crippen LogP contribution is 2.32. The fourth-order valence-electron chi connectivity index (χ4n) is 2.57. The van der Waals surface area contributed by atoms with Gasteiger partial charge in [0.25, 0.3) is 5.91 Å². The molecule has 0 radical (unpaired) electrons. The van der Waals surface area contributed by atoms with E-state index in [0.717, 1.165) is 24.5 Å². The summed E-state index contributed by atoms with van der Waals surface area (Å²) in [5.74, 6) is 0.840. The summed E-state index contributed by atoms with van der Waals surface area (Å²) in [5.41, 5.74) is 1.14. The fourth-order valence-corrected chi connectivity index (χ4v) is 3.90. The Morgan fingerprint density at radius 3 is 2.30 bits per heavy atom. The summed E-state index contributed by atoms with van der Waals surface area (Å²) in [5, 5.41) is 0.442. The van der Waals surface area contributed by atoms with E-state index in [0.29, 0.717) is 27.3 Å². The van der Waals surface area contributed by atoms with Crippen LogP contribution < -0.4 is 9.64 Å². The maximum atomic E-state index is 12.5. The molecule has 0 saturated carbocycles. The van der Waals surface area contributed by atoms with Gasteiger partial charge in [-0.3, -0.25) is 4.79 Å². The molecular weight excluding hydrogens is 355 g/mol. The molecule has 2 aromatic rings. The van der Waals surface area contributed by atoms with E-state index in [4.69, 9.17) is 27.9 Å². The van der Waals surface area contributed by atoms with E-state index < -0.39 is 0 Å². The van der Waals surface area contributed by atoms with Crippen molar-refractivity contribution in [3.63, 3.8) is 0 Å². The van der Waals surface area contributed by atoms with Crippen molar-refractivity contribution in [2.45, 2.75) is 0 Å². The SMILES string of the molecule is COc1ccc(N2CCN(C(=O)c3cc(Cl)c(Cl)s3)CC2)cc1. The first-order valence-electron chi connectivity index (χ1n) is 7.21. The molecule has 1 aliphatic heterocycles. The van der Waals surface area contributed by atoms with Crippen LogP contribution in [0.15, 0.2) is 30.3 Å². The van der Waals surface area contributed by atoms with Gasteiger partial charge in [-0.25, -0.2) is 0 Å². The van der Waals surface area contributed by atoms with Gasteiger partial charge in [0.15, 0.2) is 0 Å². The highest BCUT2D eigenvalue weighted by molar-refractivity contribution is 7.18. The van der Waals surface area contributed by atoms with Crippen molar-refractivity contribution in [1.29, 1.82) is 0 Å². The van der Waals surface area contributed by atoms with Crippen LogP contribution >= 0.6 is 34.5 Å². The van der Waals surface area contributed by atoms with Gasteiger partial charge >= 0.3 is 0 Å². The molecule has 7 heteroatoms. The summed E-state index contributed by atoms with van der Waals surface area (Å²) < 4.78 is 5.64. The van der Waals surface area contributed by atoms with Crippen molar-refractivity contribution in [1.82, 2.24) is 4.90 Å². The standard InChI is InChI=1S/C16H16Cl2N2O2S/c1-22-12-4-2-11(3-5-12)19-6-8-20(9-7-19)16(21)14-10-13(17)15(18)23-14/h2-5,10H,6-9H2,1H3. The lowest BCUT2D eigenvalue weighted by Crippen LogP contribution is -2.48. The summed E-state index contributed by atoms with van der Waals surface area (Å²) in [6.45, 7) is 2.95. The highest BCUT2D eigenvalue weighted by atomic mass is 35.5. The Kier molecular flexibility index (Phi) is 4.99. The van der Waals surface area contributed by atoms with E-state index in [1.165, 1.54) is 11.3 Å². The number of halogens is 2. The number of benzene rings is 1. The molecule has 0 atom stereocenters. The molecule has 4 nitrogen and oxygen atoms in total. The zero-order chi connectivity index (χ0) is 16.4. The Morgan fingerprint density at radius 2 is 1.78 bits per heavy atom. The number of hydrogen-bond acceptors (Lipinski definition) is 4. The molecule has 0 spiro atoms. The molecule has 23 heavy (non-hydrogen) atoms. The average molecular weight is 371 g/mol. The van der Waals surface area contributed by atoms with E-state index in [-0.39, 0.29) is 5.91 Å². The van der Waals surface area contributed by atoms with Crippen LogP contribution in [0, 0.1) is 0 Å². The number of anilines is 1. The largest absolute Gasteiger partial charge is 0.497 e. The van der Waals surface area contributed by atoms with Crippen LogP contribution in [0.5, 0.6) is 5.75 Å². The van der Waals surface area contributed by atoms with Crippen LogP contribution in [0.25, 0.3) is 0 Å². The molecule has 0 N–H and O–H groups in total. The Morgan fingerprint density at radius 1 is 1.13 bits per heavy atom. The maximum Gasteiger partial charge on any atom is 0.264 e. The van der Waals surface area contributed by atoms with Crippen LogP contribution in [0.4, 0.5) is 5.69 Å². The highest BCUT2D eigenvalue weighted by Gasteiger charge is 2.24. The van der Waals surface area contributed by atoms with Gasteiger partial charge in [-0.05, 0) is 30.3 Å². The molecule has 1 aliphatic rings. The molecule has 1 saturated heterocycles. The lowest BCUT2D eigenvalue weighted by atomic mass is 10.2. The number of thiophene rings is 1. The molecule has 1 aromatic heterocycles. The van der Waals surface area contributed by atoms with Crippen LogP contribution in [0.3, 0.4) is 0 Å². The minimum atomic E-state index is -0.00168. The van der Waals surface area contributed by atoms with Crippen molar-refractivity contribution in [2.24, 2.45) is 0 Å². The van der Waals surface area contributed by atoms with Gasteiger partial charge in [-0.1, -0.05) is 23.2 Å². The first kappa shape index (κ1) is 16.4. The molecule has 3 rings (SSSR count). The van der Waals surface area contributed by atoms with E-state index in [2.05, 4.69) is 4.90 Å². The maximum absolute atomic E-state index is 12.5. The van der Waals surface area contributed by atoms with Crippen molar-refractivity contribution >= 4 is 46.1 Å². The van der Waals surface area contributed by atoms with E-state index in [1.54, 1.807) is 13.2 Å². The van der Waals surface area contributed by atoms with Gasteiger partial charge < -0.3 is 14.5 Å². The lowest BCUT2D eigenvalue weighted by Gasteiger charge is -2.36. The Hall–Kier alpha value is -1.43. The summed E-state index contributed by atoms with van der Waals surface area (Å²) in [7, 11) is 1.66. The zero-order valence-corrected chi connectivity index (χ0v) is 14.9. The molecule has 122 valence electrons. The topological polar surface area (TPSA) is 32.8 Å². The van der Waals surface area contributed by atoms with Gasteiger partial charge in [0.05, 0.1) is 17.0 Å². The number of piperazine rings is 1. The van der Waals surface area contributed by atoms with Crippen LogP contribution in [0.1, 0.15) is 9.67 Å². The second-order valence-corrected chi connectivity index (χ2v) is 7.27. The Bertz CT molecular complexity index is 675. The van der Waals surface area contributed by atoms with Crippen LogP contribution in [0.2, 0.25) is 9.36 Å². The number of methoxy groups -OCH3 is 1. The van der Waals surface area contributed by atoms with Crippen LogP contribution in [-0.2, 0) is 0 Å². The van der Waals surface area contributed by atoms with Gasteiger partial charge in [-0.2, -0.15) is 0 Å². The Balaban J connectivity index is 1.62. The smallest absolute Gasteiger partial charge is 0.264 e. The second-order valence-electron chi connectivity index (χ2n) is 5.21. The van der Waals surface area contributed by atoms with Gasteiger partial charge in [0.2, 0.25) is 0 Å². The molecule has 0 aliphatic carbocycles. The van der Waals surface area contributed by atoms with Crippen molar-refractivity contribution in [3.05, 3.63) is 44.6 Å². The van der Waals surface area contributed by atoms with E-state index in [1.807, 2.05) is 29.2 Å². The molecule has 2 heterocycles. The van der Waals surface area contributed by atoms with Crippen molar-refractivity contribution in [2.75, 3.05) is 38.2 Å². The fraction of sp³-hybridized carbons (Fsp3) is 0.312.